The molecule has 0 atom stereocenters. The summed E-state index contributed by atoms with van der Waals surface area (Å²) < 4.78 is 1.03. The first kappa shape index (κ1) is 16.3. The average molecular weight is 389 g/mol. The molecular formula is C14H15BrClN3OS. The fraction of sp³-hybridized carbons (Fsp3) is 0.286. The van der Waals surface area contributed by atoms with Gasteiger partial charge in [-0.05, 0) is 41.1 Å². The van der Waals surface area contributed by atoms with Crippen molar-refractivity contribution in [3.05, 3.63) is 43.6 Å². The number of halogens is 2. The van der Waals surface area contributed by atoms with E-state index in [0.717, 1.165) is 15.9 Å². The largest absolute Gasteiger partial charge is 0.370 e. The van der Waals surface area contributed by atoms with E-state index in [4.69, 9.17) is 11.6 Å². The Kier molecular flexibility index (Phi) is 5.61. The number of hydrogen-bond acceptors (Lipinski definition) is 4. The van der Waals surface area contributed by atoms with E-state index in [0.29, 0.717) is 23.1 Å². The maximum Gasteiger partial charge on any atom is 0.254 e. The van der Waals surface area contributed by atoms with E-state index >= 15 is 0 Å². The Morgan fingerprint density at radius 3 is 2.86 bits per heavy atom. The lowest BCUT2D eigenvalue weighted by Gasteiger charge is -2.17. The summed E-state index contributed by atoms with van der Waals surface area (Å²) in [5.74, 6) is 0.531. The topological polar surface area (TPSA) is 45.2 Å². The van der Waals surface area contributed by atoms with E-state index in [1.165, 1.54) is 0 Å². The Morgan fingerprint density at radius 1 is 1.48 bits per heavy atom. The van der Waals surface area contributed by atoms with Gasteiger partial charge < -0.3 is 10.2 Å². The van der Waals surface area contributed by atoms with Crippen molar-refractivity contribution in [3.63, 3.8) is 0 Å². The van der Waals surface area contributed by atoms with Gasteiger partial charge in [0.1, 0.15) is 11.0 Å². The van der Waals surface area contributed by atoms with Crippen LogP contribution in [0, 0.1) is 0 Å². The molecule has 0 aromatic carbocycles. The summed E-state index contributed by atoms with van der Waals surface area (Å²) in [6.07, 6.45) is 0. The second-order valence-corrected chi connectivity index (χ2v) is 6.79. The van der Waals surface area contributed by atoms with Crippen LogP contribution in [0.3, 0.4) is 0 Å². The molecule has 21 heavy (non-hydrogen) atoms. The van der Waals surface area contributed by atoms with Crippen LogP contribution in [-0.2, 0) is 6.54 Å². The second-order valence-electron chi connectivity index (χ2n) is 4.49. The highest BCUT2D eigenvalue weighted by molar-refractivity contribution is 9.10. The van der Waals surface area contributed by atoms with Crippen molar-refractivity contribution in [1.29, 1.82) is 0 Å². The lowest BCUT2D eigenvalue weighted by molar-refractivity contribution is 0.0786. The summed E-state index contributed by atoms with van der Waals surface area (Å²) in [6.45, 7) is 3.25. The molecule has 1 amide bonds. The molecule has 112 valence electrons. The summed E-state index contributed by atoms with van der Waals surface area (Å²) >= 11 is 11.0. The second kappa shape index (κ2) is 7.24. The van der Waals surface area contributed by atoms with Crippen LogP contribution in [-0.4, -0.2) is 29.4 Å². The van der Waals surface area contributed by atoms with Gasteiger partial charge in [-0.15, -0.1) is 11.3 Å². The van der Waals surface area contributed by atoms with Crippen LogP contribution in [0.5, 0.6) is 0 Å². The first-order chi connectivity index (χ1) is 9.99. The molecule has 0 unspecified atom stereocenters. The number of hydrogen-bond donors (Lipinski definition) is 1. The van der Waals surface area contributed by atoms with Gasteiger partial charge in [-0.2, -0.15) is 0 Å². The highest BCUT2D eigenvalue weighted by atomic mass is 79.9. The van der Waals surface area contributed by atoms with Gasteiger partial charge in [-0.3, -0.25) is 4.79 Å². The number of pyridine rings is 1. The Labute approximate surface area is 141 Å². The zero-order valence-corrected chi connectivity index (χ0v) is 14.8. The molecule has 0 aliphatic rings. The van der Waals surface area contributed by atoms with Gasteiger partial charge in [0.2, 0.25) is 0 Å². The van der Waals surface area contributed by atoms with Crippen molar-refractivity contribution in [1.82, 2.24) is 9.88 Å². The van der Waals surface area contributed by atoms with E-state index in [9.17, 15) is 4.79 Å². The van der Waals surface area contributed by atoms with Crippen LogP contribution in [0.2, 0.25) is 5.15 Å². The first-order valence-corrected chi connectivity index (χ1v) is 8.44. The molecule has 2 aromatic heterocycles. The summed E-state index contributed by atoms with van der Waals surface area (Å²) in [5.41, 5.74) is 0.532. The molecule has 0 saturated carbocycles. The standard InChI is InChI=1S/C14H15BrClN3OS/c1-3-17-13-5-9(4-12(16)18-13)14(20)19(2)7-11-6-10(15)8-21-11/h4-6,8H,3,7H2,1-2H3,(H,17,18). The quantitative estimate of drug-likeness (QED) is 0.778. The van der Waals surface area contributed by atoms with E-state index in [2.05, 4.69) is 26.2 Å². The maximum absolute atomic E-state index is 12.5. The third-order valence-electron chi connectivity index (χ3n) is 2.76. The van der Waals surface area contributed by atoms with Crippen molar-refractivity contribution in [3.8, 4) is 0 Å². The predicted molar refractivity (Wildman–Crippen MR) is 91.2 cm³/mol. The van der Waals surface area contributed by atoms with E-state index in [-0.39, 0.29) is 5.91 Å². The monoisotopic (exact) mass is 387 g/mol. The Morgan fingerprint density at radius 2 is 2.24 bits per heavy atom. The Hall–Kier alpha value is -1.11. The molecule has 0 aliphatic heterocycles. The van der Waals surface area contributed by atoms with E-state index in [1.54, 1.807) is 35.4 Å². The molecule has 0 bridgehead atoms. The normalized spacial score (nSPS) is 10.5. The zero-order chi connectivity index (χ0) is 15.4. The van der Waals surface area contributed by atoms with Crippen LogP contribution in [0.4, 0.5) is 5.82 Å². The molecule has 7 heteroatoms. The first-order valence-electron chi connectivity index (χ1n) is 6.39. The number of thiophene rings is 1. The van der Waals surface area contributed by atoms with Gasteiger partial charge in [-0.1, -0.05) is 11.6 Å². The SMILES string of the molecule is CCNc1cc(C(=O)N(C)Cc2cc(Br)cs2)cc(Cl)n1. The maximum atomic E-state index is 12.5. The number of carbonyl (C=O) groups excluding carboxylic acids is 1. The lowest BCUT2D eigenvalue weighted by atomic mass is 10.2. The molecule has 1 N–H and O–H groups in total. The number of rotatable bonds is 5. The summed E-state index contributed by atoms with van der Waals surface area (Å²) in [6, 6.07) is 5.32. The van der Waals surface area contributed by atoms with Crippen molar-refractivity contribution in [2.45, 2.75) is 13.5 Å². The third kappa shape index (κ3) is 4.43. The van der Waals surface area contributed by atoms with Gasteiger partial charge in [0.15, 0.2) is 0 Å². The molecule has 2 rings (SSSR count). The third-order valence-corrected chi connectivity index (χ3v) is 4.64. The molecule has 0 radical (unpaired) electrons. The molecular weight excluding hydrogens is 374 g/mol. The van der Waals surface area contributed by atoms with E-state index < -0.39 is 0 Å². The smallest absolute Gasteiger partial charge is 0.254 e. The molecule has 0 fully saturated rings. The minimum absolute atomic E-state index is 0.0806. The van der Waals surface area contributed by atoms with Crippen LogP contribution < -0.4 is 5.32 Å². The highest BCUT2D eigenvalue weighted by Crippen LogP contribution is 2.22. The molecule has 0 saturated heterocycles. The van der Waals surface area contributed by atoms with Crippen molar-refractivity contribution in [2.24, 2.45) is 0 Å². The Bertz CT molecular complexity index is 647. The van der Waals surface area contributed by atoms with Gasteiger partial charge in [0, 0.05) is 33.9 Å². The average Bonchev–Trinajstić information content (AvgIpc) is 2.83. The van der Waals surface area contributed by atoms with Crippen molar-refractivity contribution in [2.75, 3.05) is 18.9 Å². The van der Waals surface area contributed by atoms with Gasteiger partial charge in [0.25, 0.3) is 5.91 Å². The molecule has 0 aliphatic carbocycles. The predicted octanol–water partition coefficient (Wildman–Crippen LogP) is 4.26. The van der Waals surface area contributed by atoms with Gasteiger partial charge in [-0.25, -0.2) is 4.98 Å². The number of nitrogens with zero attached hydrogens (tertiary/aromatic N) is 2. The van der Waals surface area contributed by atoms with Crippen molar-refractivity contribution >= 4 is 50.6 Å². The van der Waals surface area contributed by atoms with Gasteiger partial charge >= 0.3 is 0 Å². The number of anilines is 1. The Balaban J connectivity index is 2.14. The summed E-state index contributed by atoms with van der Waals surface area (Å²) in [5, 5.41) is 5.37. The van der Waals surface area contributed by atoms with Crippen molar-refractivity contribution < 1.29 is 4.79 Å². The highest BCUT2D eigenvalue weighted by Gasteiger charge is 2.15. The molecule has 4 nitrogen and oxygen atoms in total. The number of nitrogens with one attached hydrogen (secondary N) is 1. The van der Waals surface area contributed by atoms with Gasteiger partial charge in [0.05, 0.1) is 6.54 Å². The van der Waals surface area contributed by atoms with E-state index in [1.807, 2.05) is 18.4 Å². The minimum Gasteiger partial charge on any atom is -0.370 e. The summed E-state index contributed by atoms with van der Waals surface area (Å²) in [4.78, 5) is 19.4. The number of amides is 1. The number of carbonyl (C=O) groups is 1. The van der Waals surface area contributed by atoms with Crippen LogP contribution in [0.15, 0.2) is 28.1 Å². The molecule has 0 spiro atoms. The van der Waals surface area contributed by atoms with Crippen LogP contribution in [0.25, 0.3) is 0 Å². The molecule has 2 heterocycles. The molecule has 2 aromatic rings. The fourth-order valence-electron chi connectivity index (χ4n) is 1.85. The fourth-order valence-corrected chi connectivity index (χ4v) is 3.57. The minimum atomic E-state index is -0.0806. The lowest BCUT2D eigenvalue weighted by Crippen LogP contribution is -2.26. The van der Waals surface area contributed by atoms with Crippen LogP contribution >= 0.6 is 38.9 Å². The summed E-state index contributed by atoms with van der Waals surface area (Å²) in [7, 11) is 1.78. The zero-order valence-electron chi connectivity index (χ0n) is 11.7. The van der Waals surface area contributed by atoms with Crippen LogP contribution in [0.1, 0.15) is 22.2 Å². The number of aromatic nitrogens is 1.